The molecule has 8 heteroatoms. The number of non-ortho nitro benzene ring substituents is 1. The molecule has 23 heavy (non-hydrogen) atoms. The molecule has 0 bridgehead atoms. The Morgan fingerprint density at radius 1 is 1.22 bits per heavy atom. The number of carboxylic acids is 1. The van der Waals surface area contributed by atoms with Crippen molar-refractivity contribution in [2.75, 3.05) is 25.5 Å². The second kappa shape index (κ2) is 9.39. The number of carbonyl (C=O) groups excluding carboxylic acids is 1. The van der Waals surface area contributed by atoms with Crippen molar-refractivity contribution in [3.05, 3.63) is 34.4 Å². The molecule has 8 nitrogen and oxygen atoms in total. The first-order valence-corrected chi connectivity index (χ1v) is 7.34. The number of amides is 1. The van der Waals surface area contributed by atoms with E-state index in [1.807, 2.05) is 0 Å². The molecule has 0 saturated heterocycles. The number of benzene rings is 1. The lowest BCUT2D eigenvalue weighted by Gasteiger charge is -2.16. The van der Waals surface area contributed by atoms with Gasteiger partial charge in [-0.3, -0.25) is 19.7 Å². The molecule has 0 saturated carbocycles. The number of carboxylic acid groups (broad SMARTS) is 1. The van der Waals surface area contributed by atoms with Crippen LogP contribution < -0.4 is 5.32 Å². The minimum absolute atomic E-state index is 0.0270. The van der Waals surface area contributed by atoms with Crippen molar-refractivity contribution in [2.24, 2.45) is 0 Å². The molecule has 0 unspecified atom stereocenters. The third-order valence-corrected chi connectivity index (χ3v) is 3.28. The molecule has 0 atom stereocenters. The van der Waals surface area contributed by atoms with Crippen LogP contribution >= 0.6 is 0 Å². The molecule has 0 aliphatic carbocycles. The van der Waals surface area contributed by atoms with Gasteiger partial charge in [0.05, 0.1) is 4.92 Å². The lowest BCUT2D eigenvalue weighted by atomic mass is 10.2. The summed E-state index contributed by atoms with van der Waals surface area (Å²) in [6.45, 7) is 1.01. The van der Waals surface area contributed by atoms with Crippen LogP contribution in [0.15, 0.2) is 24.3 Å². The molecule has 0 heterocycles. The molecule has 126 valence electrons. The van der Waals surface area contributed by atoms with Crippen molar-refractivity contribution in [2.45, 2.75) is 25.7 Å². The van der Waals surface area contributed by atoms with Gasteiger partial charge in [-0.05, 0) is 25.0 Å². The number of carbonyl (C=O) groups is 2. The molecule has 1 aromatic rings. The van der Waals surface area contributed by atoms with E-state index in [1.54, 1.807) is 19.2 Å². The lowest BCUT2D eigenvalue weighted by molar-refractivity contribution is -0.384. The third kappa shape index (κ3) is 7.25. The van der Waals surface area contributed by atoms with Crippen LogP contribution in [0.4, 0.5) is 11.4 Å². The number of nitrogens with zero attached hydrogens (tertiary/aromatic N) is 2. The first-order chi connectivity index (χ1) is 10.9. The highest BCUT2D eigenvalue weighted by Gasteiger charge is 2.09. The Balaban J connectivity index is 2.21. The molecule has 1 rings (SSSR count). The fraction of sp³-hybridized carbons (Fsp3) is 0.467. The van der Waals surface area contributed by atoms with Gasteiger partial charge in [-0.1, -0.05) is 0 Å². The van der Waals surface area contributed by atoms with Crippen molar-refractivity contribution < 1.29 is 19.6 Å². The van der Waals surface area contributed by atoms with Gasteiger partial charge >= 0.3 is 5.97 Å². The smallest absolute Gasteiger partial charge is 0.303 e. The summed E-state index contributed by atoms with van der Waals surface area (Å²) in [7, 11) is 1.66. The number of nitrogens with one attached hydrogen (secondary N) is 1. The lowest BCUT2D eigenvalue weighted by Crippen LogP contribution is -2.28. The fourth-order valence-electron chi connectivity index (χ4n) is 1.96. The molecule has 0 aromatic heterocycles. The Kier molecular flexibility index (Phi) is 7.52. The average molecular weight is 323 g/mol. The van der Waals surface area contributed by atoms with Crippen LogP contribution in [0.1, 0.15) is 25.7 Å². The number of hydrogen-bond acceptors (Lipinski definition) is 5. The number of hydrogen-bond donors (Lipinski definition) is 2. The Bertz CT molecular complexity index is 545. The van der Waals surface area contributed by atoms with E-state index >= 15 is 0 Å². The first-order valence-electron chi connectivity index (χ1n) is 7.34. The molecule has 0 aliphatic heterocycles. The van der Waals surface area contributed by atoms with Crippen molar-refractivity contribution in [3.63, 3.8) is 0 Å². The minimum Gasteiger partial charge on any atom is -0.481 e. The van der Waals surface area contributed by atoms with Crippen LogP contribution in [0.3, 0.4) is 0 Å². The van der Waals surface area contributed by atoms with E-state index in [9.17, 15) is 19.7 Å². The minimum atomic E-state index is -0.863. The number of nitro benzene ring substituents is 1. The zero-order valence-electron chi connectivity index (χ0n) is 13.0. The number of anilines is 1. The third-order valence-electron chi connectivity index (χ3n) is 3.28. The maximum atomic E-state index is 11.8. The Morgan fingerprint density at radius 2 is 1.87 bits per heavy atom. The standard InChI is InChI=1S/C15H21N3O5/c1-17(11-3-5-15(20)21)14(19)4-2-10-16-12-6-8-13(9-7-12)18(22)23/h6-9,16H,2-5,10-11H2,1H3,(H,20,21). The van der Waals surface area contributed by atoms with Crippen LogP contribution in [0.5, 0.6) is 0 Å². The molecule has 1 amide bonds. The van der Waals surface area contributed by atoms with Crippen molar-refractivity contribution >= 4 is 23.3 Å². The monoisotopic (exact) mass is 323 g/mol. The van der Waals surface area contributed by atoms with E-state index < -0.39 is 10.9 Å². The molecule has 2 N–H and O–H groups in total. The average Bonchev–Trinajstić information content (AvgIpc) is 2.51. The van der Waals surface area contributed by atoms with Gasteiger partial charge in [-0.15, -0.1) is 0 Å². The molecular formula is C15H21N3O5. The van der Waals surface area contributed by atoms with Gasteiger partial charge in [0.25, 0.3) is 5.69 Å². The normalized spacial score (nSPS) is 10.1. The van der Waals surface area contributed by atoms with Crippen molar-refractivity contribution in [3.8, 4) is 0 Å². The Hall–Kier alpha value is -2.64. The summed E-state index contributed by atoms with van der Waals surface area (Å²) in [5.74, 6) is -0.890. The first kappa shape index (κ1) is 18.4. The summed E-state index contributed by atoms with van der Waals surface area (Å²) < 4.78 is 0. The SMILES string of the molecule is CN(CCCC(=O)O)C(=O)CCCNc1ccc([N+](=O)[O-])cc1. The van der Waals surface area contributed by atoms with E-state index in [-0.39, 0.29) is 18.0 Å². The van der Waals surface area contributed by atoms with E-state index in [0.29, 0.717) is 32.4 Å². The molecule has 0 spiro atoms. The van der Waals surface area contributed by atoms with Gasteiger partial charge in [0.15, 0.2) is 0 Å². The summed E-state index contributed by atoms with van der Waals surface area (Å²) in [4.78, 5) is 33.8. The highest BCUT2D eigenvalue weighted by molar-refractivity contribution is 5.76. The predicted octanol–water partition coefficient (Wildman–Crippen LogP) is 2.11. The zero-order valence-corrected chi connectivity index (χ0v) is 13.0. The Labute approximate surface area is 134 Å². The molecule has 0 fully saturated rings. The van der Waals surface area contributed by atoms with Gasteiger partial charge in [-0.25, -0.2) is 0 Å². The van der Waals surface area contributed by atoms with Crippen LogP contribution in [-0.4, -0.2) is 46.9 Å². The summed E-state index contributed by atoms with van der Waals surface area (Å²) in [6, 6.07) is 6.09. The zero-order chi connectivity index (χ0) is 17.2. The number of aliphatic carboxylic acids is 1. The molecular weight excluding hydrogens is 302 g/mol. The predicted molar refractivity (Wildman–Crippen MR) is 85.3 cm³/mol. The highest BCUT2D eigenvalue weighted by atomic mass is 16.6. The number of rotatable bonds is 10. The fourth-order valence-corrected chi connectivity index (χ4v) is 1.96. The largest absolute Gasteiger partial charge is 0.481 e. The van der Waals surface area contributed by atoms with Crippen molar-refractivity contribution in [1.82, 2.24) is 4.90 Å². The molecule has 0 aliphatic rings. The summed E-state index contributed by atoms with van der Waals surface area (Å²) >= 11 is 0. The summed E-state index contributed by atoms with van der Waals surface area (Å²) in [6.07, 6.45) is 1.49. The van der Waals surface area contributed by atoms with Crippen LogP contribution in [-0.2, 0) is 9.59 Å². The number of nitro groups is 1. The van der Waals surface area contributed by atoms with Gasteiger partial charge in [0, 0.05) is 50.8 Å². The van der Waals surface area contributed by atoms with Gasteiger partial charge in [0.2, 0.25) is 5.91 Å². The van der Waals surface area contributed by atoms with E-state index in [4.69, 9.17) is 5.11 Å². The van der Waals surface area contributed by atoms with Crippen LogP contribution in [0.25, 0.3) is 0 Å². The van der Waals surface area contributed by atoms with Crippen LogP contribution in [0.2, 0.25) is 0 Å². The highest BCUT2D eigenvalue weighted by Crippen LogP contribution is 2.15. The van der Waals surface area contributed by atoms with Gasteiger partial charge in [-0.2, -0.15) is 0 Å². The van der Waals surface area contributed by atoms with Gasteiger partial charge < -0.3 is 15.3 Å². The summed E-state index contributed by atoms with van der Waals surface area (Å²) in [5.41, 5.74) is 0.798. The van der Waals surface area contributed by atoms with E-state index in [2.05, 4.69) is 5.32 Å². The van der Waals surface area contributed by atoms with Crippen LogP contribution in [0, 0.1) is 10.1 Å². The Morgan fingerprint density at radius 3 is 2.43 bits per heavy atom. The van der Waals surface area contributed by atoms with E-state index in [0.717, 1.165) is 5.69 Å². The maximum absolute atomic E-state index is 11.8. The van der Waals surface area contributed by atoms with Crippen molar-refractivity contribution in [1.29, 1.82) is 0 Å². The summed E-state index contributed by atoms with van der Waals surface area (Å²) in [5, 5.41) is 22.2. The maximum Gasteiger partial charge on any atom is 0.303 e. The second-order valence-corrected chi connectivity index (χ2v) is 5.15. The van der Waals surface area contributed by atoms with Gasteiger partial charge in [0.1, 0.15) is 0 Å². The topological polar surface area (TPSA) is 113 Å². The molecule has 1 aromatic carbocycles. The quantitative estimate of drug-likeness (QED) is 0.387. The molecule has 0 radical (unpaired) electrons. The van der Waals surface area contributed by atoms with E-state index in [1.165, 1.54) is 17.0 Å². The second-order valence-electron chi connectivity index (χ2n) is 5.15.